The second-order valence-electron chi connectivity index (χ2n) is 4.19. The van der Waals surface area contributed by atoms with Crippen molar-refractivity contribution in [1.82, 2.24) is 5.32 Å². The van der Waals surface area contributed by atoms with Crippen molar-refractivity contribution >= 4 is 17.8 Å². The van der Waals surface area contributed by atoms with E-state index in [9.17, 15) is 4.79 Å². The van der Waals surface area contributed by atoms with Crippen LogP contribution in [0.3, 0.4) is 0 Å². The van der Waals surface area contributed by atoms with Gasteiger partial charge in [0.05, 0.1) is 0 Å². The molecule has 3 rings (SSSR count). The number of nitrogens with one attached hydrogen (secondary N) is 2. The smallest absolute Gasteiger partial charge is 0.268 e. The van der Waals surface area contributed by atoms with Gasteiger partial charge in [-0.2, -0.15) is 0 Å². The summed E-state index contributed by atoms with van der Waals surface area (Å²) in [4.78, 5) is 16.3. The zero-order valence-electron chi connectivity index (χ0n) is 8.86. The Balaban J connectivity index is 2.00. The molecule has 0 aliphatic carbocycles. The number of piperidine rings is 1. The number of nitrogens with zero attached hydrogens (tertiary/aromatic N) is 1. The van der Waals surface area contributed by atoms with Gasteiger partial charge in [-0.15, -0.1) is 0 Å². The minimum Gasteiger partial charge on any atom is -0.353 e. The fraction of sp³-hybridized carbons (Fsp3) is 0.333. The van der Waals surface area contributed by atoms with E-state index in [-0.39, 0.29) is 5.91 Å². The largest absolute Gasteiger partial charge is 0.353 e. The summed E-state index contributed by atoms with van der Waals surface area (Å²) < 4.78 is 0. The Hall–Kier alpha value is -1.84. The second kappa shape index (κ2) is 3.33. The number of amides is 1. The van der Waals surface area contributed by atoms with Crippen molar-refractivity contribution in [2.75, 3.05) is 11.9 Å². The molecule has 0 aromatic heterocycles. The maximum atomic E-state index is 11.9. The van der Waals surface area contributed by atoms with E-state index in [0.717, 1.165) is 30.6 Å². The molecule has 1 aromatic carbocycles. The van der Waals surface area contributed by atoms with Gasteiger partial charge in [0.25, 0.3) is 5.91 Å². The normalized spacial score (nSPS) is 27.1. The molecule has 16 heavy (non-hydrogen) atoms. The van der Waals surface area contributed by atoms with Crippen LogP contribution in [0.4, 0.5) is 5.69 Å². The summed E-state index contributed by atoms with van der Waals surface area (Å²) in [6.07, 6.45) is 3.50. The molecule has 82 valence electrons. The zero-order chi connectivity index (χ0) is 11.0. The number of aliphatic imine (C=N–C) groups is 1. The van der Waals surface area contributed by atoms with Crippen LogP contribution in [0.5, 0.6) is 0 Å². The maximum Gasteiger partial charge on any atom is 0.268 e. The number of carbonyl (C=O) groups is 1. The summed E-state index contributed by atoms with van der Waals surface area (Å²) in [5.41, 5.74) is 1.24. The first kappa shape index (κ1) is 9.39. The average Bonchev–Trinajstić information content (AvgIpc) is 2.33. The van der Waals surface area contributed by atoms with E-state index in [1.807, 2.05) is 24.3 Å². The first-order valence-corrected chi connectivity index (χ1v) is 5.51. The van der Waals surface area contributed by atoms with E-state index >= 15 is 0 Å². The lowest BCUT2D eigenvalue weighted by Gasteiger charge is -2.36. The highest BCUT2D eigenvalue weighted by Gasteiger charge is 2.41. The fourth-order valence-corrected chi connectivity index (χ4v) is 2.21. The predicted molar refractivity (Wildman–Crippen MR) is 62.6 cm³/mol. The molecule has 0 radical (unpaired) electrons. The molecule has 0 bridgehead atoms. The Bertz CT molecular complexity index is 469. The molecule has 2 heterocycles. The summed E-state index contributed by atoms with van der Waals surface area (Å²) >= 11 is 0. The van der Waals surface area contributed by atoms with Crippen molar-refractivity contribution in [3.05, 3.63) is 29.8 Å². The van der Waals surface area contributed by atoms with Gasteiger partial charge in [-0.3, -0.25) is 9.79 Å². The van der Waals surface area contributed by atoms with Gasteiger partial charge in [0.1, 0.15) is 0 Å². The fourth-order valence-electron chi connectivity index (χ4n) is 2.21. The minimum atomic E-state index is -0.771. The molecule has 1 fully saturated rings. The summed E-state index contributed by atoms with van der Waals surface area (Å²) in [6, 6.07) is 7.88. The Morgan fingerprint density at radius 3 is 3.06 bits per heavy atom. The Morgan fingerprint density at radius 1 is 1.31 bits per heavy atom. The predicted octanol–water partition coefficient (Wildman–Crippen LogP) is 1.14. The Morgan fingerprint density at radius 2 is 2.19 bits per heavy atom. The zero-order valence-corrected chi connectivity index (χ0v) is 8.86. The molecular formula is C12H13N3O. The number of rotatable bonds is 0. The molecule has 0 saturated carbocycles. The SMILES string of the molecule is O=C1NCCCC12N=Cc1ccccc1N2. The second-order valence-corrected chi connectivity index (χ2v) is 4.19. The van der Waals surface area contributed by atoms with Crippen molar-refractivity contribution in [2.45, 2.75) is 18.5 Å². The van der Waals surface area contributed by atoms with Crippen LogP contribution in [0.25, 0.3) is 0 Å². The van der Waals surface area contributed by atoms with E-state index < -0.39 is 5.66 Å². The quantitative estimate of drug-likeness (QED) is 0.681. The van der Waals surface area contributed by atoms with E-state index in [1.165, 1.54) is 0 Å². The summed E-state index contributed by atoms with van der Waals surface area (Å²) in [5, 5.41) is 6.11. The monoisotopic (exact) mass is 215 g/mol. The number of carbonyl (C=O) groups excluding carboxylic acids is 1. The van der Waals surface area contributed by atoms with Crippen molar-refractivity contribution < 1.29 is 4.79 Å². The van der Waals surface area contributed by atoms with Crippen LogP contribution in [-0.4, -0.2) is 24.3 Å². The van der Waals surface area contributed by atoms with Crippen molar-refractivity contribution in [3.8, 4) is 0 Å². The summed E-state index contributed by atoms with van der Waals surface area (Å²) in [7, 11) is 0. The van der Waals surface area contributed by atoms with Crippen molar-refractivity contribution in [1.29, 1.82) is 0 Å². The molecule has 2 N–H and O–H groups in total. The van der Waals surface area contributed by atoms with Gasteiger partial charge in [0, 0.05) is 30.4 Å². The van der Waals surface area contributed by atoms with Gasteiger partial charge in [-0.1, -0.05) is 18.2 Å². The first-order valence-electron chi connectivity index (χ1n) is 5.51. The third-order valence-electron chi connectivity index (χ3n) is 3.10. The number of anilines is 1. The Kier molecular flexibility index (Phi) is 1.96. The van der Waals surface area contributed by atoms with Gasteiger partial charge >= 0.3 is 0 Å². The lowest BCUT2D eigenvalue weighted by molar-refractivity contribution is -0.126. The number of para-hydroxylation sites is 1. The molecular weight excluding hydrogens is 202 g/mol. The van der Waals surface area contributed by atoms with E-state index in [0.29, 0.717) is 0 Å². The molecule has 1 unspecified atom stereocenters. The molecule has 4 nitrogen and oxygen atoms in total. The summed E-state index contributed by atoms with van der Waals surface area (Å²) in [5.74, 6) is -0.0236. The van der Waals surface area contributed by atoms with Crippen molar-refractivity contribution in [3.63, 3.8) is 0 Å². The van der Waals surface area contributed by atoms with Crippen LogP contribution in [0.15, 0.2) is 29.3 Å². The third kappa shape index (κ3) is 1.30. The van der Waals surface area contributed by atoms with Crippen LogP contribution in [0.1, 0.15) is 18.4 Å². The minimum absolute atomic E-state index is 0.0236. The summed E-state index contributed by atoms with van der Waals surface area (Å²) in [6.45, 7) is 0.749. The van der Waals surface area contributed by atoms with Gasteiger partial charge in [0.2, 0.25) is 5.66 Å². The molecule has 1 aromatic rings. The van der Waals surface area contributed by atoms with Crippen LogP contribution in [0.2, 0.25) is 0 Å². The third-order valence-corrected chi connectivity index (χ3v) is 3.10. The molecule has 1 saturated heterocycles. The van der Waals surface area contributed by atoms with Crippen LogP contribution < -0.4 is 10.6 Å². The standard InChI is InChI=1S/C12H13N3O/c16-11-12(6-3-7-13-11)14-8-9-4-1-2-5-10(9)15-12/h1-2,4-5,8,15H,3,6-7H2,(H,13,16). The maximum absolute atomic E-state index is 11.9. The van der Waals surface area contributed by atoms with Gasteiger partial charge in [-0.25, -0.2) is 0 Å². The number of hydrogen-bond donors (Lipinski definition) is 2. The molecule has 1 spiro atoms. The van der Waals surface area contributed by atoms with Crippen LogP contribution in [-0.2, 0) is 4.79 Å². The highest BCUT2D eigenvalue weighted by atomic mass is 16.2. The van der Waals surface area contributed by atoms with Gasteiger partial charge in [0.15, 0.2) is 0 Å². The lowest BCUT2D eigenvalue weighted by Crippen LogP contribution is -2.56. The van der Waals surface area contributed by atoms with Crippen LogP contribution in [0, 0.1) is 0 Å². The molecule has 1 atom stereocenters. The van der Waals surface area contributed by atoms with Crippen LogP contribution >= 0.6 is 0 Å². The highest BCUT2D eigenvalue weighted by Crippen LogP contribution is 2.29. The number of benzene rings is 1. The Labute approximate surface area is 93.8 Å². The molecule has 2 aliphatic rings. The van der Waals surface area contributed by atoms with E-state index in [4.69, 9.17) is 0 Å². The van der Waals surface area contributed by atoms with E-state index in [1.54, 1.807) is 6.21 Å². The highest BCUT2D eigenvalue weighted by molar-refractivity contribution is 5.98. The molecule has 1 amide bonds. The number of fused-ring (bicyclic) bond motifs is 1. The van der Waals surface area contributed by atoms with E-state index in [2.05, 4.69) is 15.6 Å². The topological polar surface area (TPSA) is 53.5 Å². The van der Waals surface area contributed by atoms with Gasteiger partial charge in [-0.05, 0) is 12.5 Å². The molecule has 4 heteroatoms. The first-order chi connectivity index (χ1) is 7.80. The number of hydrogen-bond acceptors (Lipinski definition) is 3. The average molecular weight is 215 g/mol. The lowest BCUT2D eigenvalue weighted by atomic mass is 9.96. The van der Waals surface area contributed by atoms with Crippen molar-refractivity contribution in [2.24, 2.45) is 4.99 Å². The van der Waals surface area contributed by atoms with Gasteiger partial charge < -0.3 is 10.6 Å². The molecule has 2 aliphatic heterocycles.